The van der Waals surface area contributed by atoms with Crippen molar-refractivity contribution in [3.05, 3.63) is 76.1 Å². The molecular weight excluding hydrogens is 395 g/mol. The number of aromatic nitrogens is 2. The molecule has 0 saturated carbocycles. The largest absolute Gasteiger partial charge is 0.367 e. The Morgan fingerprint density at radius 3 is 2.55 bits per heavy atom. The van der Waals surface area contributed by atoms with Crippen molar-refractivity contribution >= 4 is 28.4 Å². The van der Waals surface area contributed by atoms with Crippen molar-refractivity contribution in [1.29, 1.82) is 0 Å². The summed E-state index contributed by atoms with van der Waals surface area (Å²) in [5.74, 6) is -0.618. The van der Waals surface area contributed by atoms with Crippen molar-refractivity contribution in [2.75, 3.05) is 38.1 Å². The molecular formula is C24H25FN4O2. The Balaban J connectivity index is 1.73. The van der Waals surface area contributed by atoms with E-state index in [2.05, 4.69) is 16.9 Å². The number of allylic oxidation sites excluding steroid dienone is 1. The van der Waals surface area contributed by atoms with Crippen molar-refractivity contribution in [3.8, 4) is 0 Å². The Labute approximate surface area is 180 Å². The van der Waals surface area contributed by atoms with E-state index in [9.17, 15) is 9.59 Å². The first kappa shape index (κ1) is 20.9. The normalized spacial score (nSPS) is 15.1. The number of nitrogens with zero attached hydrogens (tertiary/aromatic N) is 4. The van der Waals surface area contributed by atoms with Crippen LogP contribution < -0.4 is 10.3 Å². The SMILES string of the molecule is CCn1cc(/C=C/C(=O)c2ccncc2)c(=O)c2cc(F)c(N3CCN(C)CC3)cc21. The Morgan fingerprint density at radius 1 is 1.16 bits per heavy atom. The zero-order valence-electron chi connectivity index (χ0n) is 17.7. The molecule has 160 valence electrons. The highest BCUT2D eigenvalue weighted by atomic mass is 19.1. The van der Waals surface area contributed by atoms with E-state index < -0.39 is 5.82 Å². The molecule has 6 nitrogen and oxygen atoms in total. The van der Waals surface area contributed by atoms with Crippen molar-refractivity contribution in [3.63, 3.8) is 0 Å². The highest BCUT2D eigenvalue weighted by Gasteiger charge is 2.20. The average Bonchev–Trinajstić information content (AvgIpc) is 2.79. The van der Waals surface area contributed by atoms with Gasteiger partial charge in [-0.1, -0.05) is 0 Å². The smallest absolute Gasteiger partial charge is 0.196 e. The summed E-state index contributed by atoms with van der Waals surface area (Å²) in [4.78, 5) is 33.5. The summed E-state index contributed by atoms with van der Waals surface area (Å²) in [5.41, 5.74) is 1.77. The first-order chi connectivity index (χ1) is 15.0. The van der Waals surface area contributed by atoms with E-state index in [1.54, 1.807) is 36.8 Å². The molecule has 0 spiro atoms. The number of pyridine rings is 2. The predicted octanol–water partition coefficient (Wildman–Crippen LogP) is 3.20. The lowest BCUT2D eigenvalue weighted by Crippen LogP contribution is -2.44. The van der Waals surface area contributed by atoms with Gasteiger partial charge in [0.2, 0.25) is 0 Å². The lowest BCUT2D eigenvalue weighted by Gasteiger charge is -2.34. The van der Waals surface area contributed by atoms with Crippen LogP contribution in [-0.4, -0.2) is 53.5 Å². The molecule has 1 fully saturated rings. The molecule has 0 bridgehead atoms. The summed E-state index contributed by atoms with van der Waals surface area (Å²) in [6, 6.07) is 6.34. The minimum Gasteiger partial charge on any atom is -0.367 e. The molecule has 0 amide bonds. The van der Waals surface area contributed by atoms with E-state index in [4.69, 9.17) is 0 Å². The van der Waals surface area contributed by atoms with E-state index in [0.29, 0.717) is 34.3 Å². The first-order valence-corrected chi connectivity index (χ1v) is 10.4. The number of aryl methyl sites for hydroxylation is 1. The monoisotopic (exact) mass is 420 g/mol. The van der Waals surface area contributed by atoms with Crippen molar-refractivity contribution in [2.45, 2.75) is 13.5 Å². The van der Waals surface area contributed by atoms with Crippen LogP contribution in [0, 0.1) is 5.82 Å². The number of benzene rings is 1. The van der Waals surface area contributed by atoms with Gasteiger partial charge < -0.3 is 14.4 Å². The number of ketones is 1. The molecule has 7 heteroatoms. The molecule has 0 aliphatic carbocycles. The summed E-state index contributed by atoms with van der Waals surface area (Å²) in [6.45, 7) is 5.81. The number of carbonyl (C=O) groups excluding carboxylic acids is 1. The third kappa shape index (κ3) is 4.27. The maximum absolute atomic E-state index is 15.0. The predicted molar refractivity (Wildman–Crippen MR) is 121 cm³/mol. The van der Waals surface area contributed by atoms with Gasteiger partial charge >= 0.3 is 0 Å². The number of halogens is 1. The fraction of sp³-hybridized carbons (Fsp3) is 0.292. The van der Waals surface area contributed by atoms with Gasteiger partial charge in [-0.05, 0) is 50.4 Å². The van der Waals surface area contributed by atoms with Gasteiger partial charge in [0.1, 0.15) is 5.82 Å². The van der Waals surface area contributed by atoms with Crippen LogP contribution in [0.1, 0.15) is 22.8 Å². The fourth-order valence-electron chi connectivity index (χ4n) is 3.87. The van der Waals surface area contributed by atoms with E-state index in [1.165, 1.54) is 18.2 Å². The first-order valence-electron chi connectivity index (χ1n) is 10.4. The van der Waals surface area contributed by atoms with Crippen molar-refractivity contribution in [1.82, 2.24) is 14.5 Å². The second-order valence-corrected chi connectivity index (χ2v) is 7.74. The van der Waals surface area contributed by atoms with Gasteiger partial charge in [-0.25, -0.2) is 4.39 Å². The standard InChI is InChI=1S/C24H25FN4O2/c1-3-28-16-18(4-5-23(30)17-6-8-26-9-7-17)24(31)19-14-20(25)22(15-21(19)28)29-12-10-27(2)11-13-29/h4-9,14-16H,3,10-13H2,1-2H3/b5-4+. The number of hydrogen-bond donors (Lipinski definition) is 0. The Bertz CT molecular complexity index is 1200. The number of hydrogen-bond acceptors (Lipinski definition) is 5. The maximum Gasteiger partial charge on any atom is 0.196 e. The average molecular weight is 420 g/mol. The lowest BCUT2D eigenvalue weighted by atomic mass is 10.1. The van der Waals surface area contributed by atoms with Crippen LogP contribution in [0.3, 0.4) is 0 Å². The number of rotatable bonds is 5. The summed E-state index contributed by atoms with van der Waals surface area (Å²) < 4.78 is 16.9. The molecule has 1 saturated heterocycles. The minimum atomic E-state index is -0.397. The zero-order chi connectivity index (χ0) is 22.0. The van der Waals surface area contributed by atoms with Crippen molar-refractivity contribution in [2.24, 2.45) is 0 Å². The highest BCUT2D eigenvalue weighted by molar-refractivity contribution is 6.06. The molecule has 0 unspecified atom stereocenters. The molecule has 4 rings (SSSR count). The third-order valence-corrected chi connectivity index (χ3v) is 5.74. The molecule has 0 N–H and O–H groups in total. The number of piperazine rings is 1. The van der Waals surface area contributed by atoms with Crippen molar-refractivity contribution < 1.29 is 9.18 Å². The summed E-state index contributed by atoms with van der Waals surface area (Å²) >= 11 is 0. The zero-order valence-corrected chi connectivity index (χ0v) is 17.7. The van der Waals surface area contributed by atoms with E-state index in [1.807, 2.05) is 16.4 Å². The van der Waals surface area contributed by atoms with Gasteiger partial charge in [0.25, 0.3) is 0 Å². The number of carbonyl (C=O) groups is 1. The van der Waals surface area contributed by atoms with Crippen LogP contribution in [0.15, 0.2) is 53.7 Å². The Kier molecular flexibility index (Phi) is 5.95. The van der Waals surface area contributed by atoms with E-state index in [-0.39, 0.29) is 11.2 Å². The van der Waals surface area contributed by atoms with Crippen LogP contribution in [-0.2, 0) is 6.54 Å². The highest BCUT2D eigenvalue weighted by Crippen LogP contribution is 2.26. The van der Waals surface area contributed by atoms with Gasteiger partial charge in [0.15, 0.2) is 11.2 Å². The quantitative estimate of drug-likeness (QED) is 0.469. The van der Waals surface area contributed by atoms with Crippen LogP contribution in [0.5, 0.6) is 0 Å². The van der Waals surface area contributed by atoms with Gasteiger partial charge in [0.05, 0.1) is 11.2 Å². The second kappa shape index (κ2) is 8.81. The Morgan fingerprint density at radius 2 is 1.87 bits per heavy atom. The third-order valence-electron chi connectivity index (χ3n) is 5.74. The van der Waals surface area contributed by atoms with E-state index >= 15 is 4.39 Å². The molecule has 1 aliphatic rings. The summed E-state index contributed by atoms with van der Waals surface area (Å²) in [6.07, 6.45) is 7.69. The molecule has 2 aromatic heterocycles. The lowest BCUT2D eigenvalue weighted by molar-refractivity contribution is 0.104. The molecule has 3 aromatic rings. The Hall–Kier alpha value is -3.32. The van der Waals surface area contributed by atoms with Crippen LogP contribution in [0.25, 0.3) is 17.0 Å². The maximum atomic E-state index is 15.0. The second-order valence-electron chi connectivity index (χ2n) is 7.74. The topological polar surface area (TPSA) is 58.4 Å². The van der Waals surface area contributed by atoms with Gasteiger partial charge in [-0.15, -0.1) is 0 Å². The number of fused-ring (bicyclic) bond motifs is 1. The molecule has 0 radical (unpaired) electrons. The van der Waals surface area contributed by atoms with Gasteiger partial charge in [-0.2, -0.15) is 0 Å². The van der Waals surface area contributed by atoms with Crippen LogP contribution in [0.2, 0.25) is 0 Å². The summed E-state index contributed by atoms with van der Waals surface area (Å²) in [5, 5.41) is 0.315. The molecule has 3 heterocycles. The van der Waals surface area contributed by atoms with E-state index in [0.717, 1.165) is 26.2 Å². The number of anilines is 1. The molecule has 0 atom stereocenters. The number of likely N-dealkylation sites (N-methyl/N-ethyl adjacent to an activating group) is 1. The van der Waals surface area contributed by atoms with Crippen LogP contribution >= 0.6 is 0 Å². The molecule has 1 aliphatic heterocycles. The minimum absolute atomic E-state index is 0.221. The van der Waals surface area contributed by atoms with Gasteiger partial charge in [0, 0.05) is 67.8 Å². The van der Waals surface area contributed by atoms with Crippen LogP contribution in [0.4, 0.5) is 10.1 Å². The summed E-state index contributed by atoms with van der Waals surface area (Å²) in [7, 11) is 2.05. The fourth-order valence-corrected chi connectivity index (χ4v) is 3.87. The van der Waals surface area contributed by atoms with Gasteiger partial charge in [-0.3, -0.25) is 14.6 Å². The molecule has 31 heavy (non-hydrogen) atoms. The molecule has 1 aromatic carbocycles.